The van der Waals surface area contributed by atoms with Gasteiger partial charge in [-0.15, -0.1) is 0 Å². The number of nitrogens with zero attached hydrogens (tertiary/aromatic N) is 2. The third kappa shape index (κ3) is 5.44. The first-order valence-corrected chi connectivity index (χ1v) is 9.49. The van der Waals surface area contributed by atoms with E-state index in [1.807, 2.05) is 17.0 Å². The molecule has 0 unspecified atom stereocenters. The monoisotopic (exact) mass is 346 g/mol. The maximum Gasteiger partial charge on any atom is 0.225 e. The molecule has 3 rings (SSSR count). The van der Waals surface area contributed by atoms with Crippen LogP contribution >= 0.6 is 0 Å². The Morgan fingerprint density at radius 3 is 2.68 bits per heavy atom. The first kappa shape index (κ1) is 18.2. The van der Waals surface area contributed by atoms with Gasteiger partial charge in [0.1, 0.15) is 5.75 Å². The summed E-state index contributed by atoms with van der Waals surface area (Å²) in [4.78, 5) is 17.0. The van der Waals surface area contributed by atoms with Crippen LogP contribution in [0.5, 0.6) is 5.75 Å². The second-order valence-electron chi connectivity index (χ2n) is 7.05. The van der Waals surface area contributed by atoms with Crippen molar-refractivity contribution in [1.82, 2.24) is 9.80 Å². The first-order chi connectivity index (χ1) is 12.2. The van der Waals surface area contributed by atoms with E-state index in [2.05, 4.69) is 17.0 Å². The van der Waals surface area contributed by atoms with Gasteiger partial charge in [-0.25, -0.2) is 0 Å². The molecule has 0 aromatic heterocycles. The van der Waals surface area contributed by atoms with E-state index < -0.39 is 0 Å². The topological polar surface area (TPSA) is 42.0 Å². The van der Waals surface area contributed by atoms with Crippen LogP contribution in [0.2, 0.25) is 0 Å². The third-order valence-corrected chi connectivity index (χ3v) is 5.18. The lowest BCUT2D eigenvalue weighted by Gasteiger charge is -2.26. The highest BCUT2D eigenvalue weighted by molar-refractivity contribution is 5.76. The molecule has 1 amide bonds. The fourth-order valence-electron chi connectivity index (χ4n) is 3.66. The molecule has 2 aliphatic rings. The summed E-state index contributed by atoms with van der Waals surface area (Å²) >= 11 is 0. The van der Waals surface area contributed by atoms with Crippen molar-refractivity contribution in [2.24, 2.45) is 0 Å². The minimum absolute atomic E-state index is 0.139. The molecule has 1 atom stereocenters. The summed E-state index contributed by atoms with van der Waals surface area (Å²) in [5.74, 6) is 1.15. The lowest BCUT2D eigenvalue weighted by Crippen LogP contribution is -2.37. The number of rotatable bonds is 5. The zero-order valence-corrected chi connectivity index (χ0v) is 15.3. The molecule has 0 saturated carbocycles. The summed E-state index contributed by atoms with van der Waals surface area (Å²) < 4.78 is 10.9. The van der Waals surface area contributed by atoms with E-state index >= 15 is 0 Å². The van der Waals surface area contributed by atoms with Crippen LogP contribution in [0.15, 0.2) is 24.3 Å². The smallest absolute Gasteiger partial charge is 0.225 e. The van der Waals surface area contributed by atoms with Crippen LogP contribution in [0.1, 0.15) is 37.7 Å². The van der Waals surface area contributed by atoms with Gasteiger partial charge in [0.2, 0.25) is 5.91 Å². The maximum absolute atomic E-state index is 12.6. The SMILES string of the molecule is COc1ccc(CN2CCCN(C(=O)C[C@@H]3CCCCO3)CC2)cc1. The van der Waals surface area contributed by atoms with Crippen molar-refractivity contribution in [2.75, 3.05) is 39.9 Å². The number of carbonyl (C=O) groups is 1. The summed E-state index contributed by atoms with van der Waals surface area (Å²) in [6.07, 6.45) is 5.08. The van der Waals surface area contributed by atoms with Gasteiger partial charge in [0.05, 0.1) is 19.6 Å². The zero-order valence-electron chi connectivity index (χ0n) is 15.3. The summed E-state index contributed by atoms with van der Waals surface area (Å²) in [6.45, 7) is 5.40. The lowest BCUT2D eigenvalue weighted by molar-refractivity contribution is -0.135. The molecule has 0 aliphatic carbocycles. The molecule has 5 nitrogen and oxygen atoms in total. The second-order valence-corrected chi connectivity index (χ2v) is 7.05. The van der Waals surface area contributed by atoms with Crippen molar-refractivity contribution in [3.05, 3.63) is 29.8 Å². The van der Waals surface area contributed by atoms with E-state index in [-0.39, 0.29) is 12.0 Å². The van der Waals surface area contributed by atoms with Gasteiger partial charge in [-0.3, -0.25) is 9.69 Å². The van der Waals surface area contributed by atoms with Crippen LogP contribution in [0.3, 0.4) is 0 Å². The Kier molecular flexibility index (Phi) is 6.70. The van der Waals surface area contributed by atoms with E-state index in [9.17, 15) is 4.79 Å². The Morgan fingerprint density at radius 2 is 1.96 bits per heavy atom. The average molecular weight is 346 g/mol. The maximum atomic E-state index is 12.6. The van der Waals surface area contributed by atoms with Crippen LogP contribution < -0.4 is 4.74 Å². The second kappa shape index (κ2) is 9.20. The Balaban J connectivity index is 1.46. The quantitative estimate of drug-likeness (QED) is 0.822. The Labute approximate surface area is 150 Å². The van der Waals surface area contributed by atoms with E-state index in [0.29, 0.717) is 6.42 Å². The van der Waals surface area contributed by atoms with Crippen molar-refractivity contribution < 1.29 is 14.3 Å². The van der Waals surface area contributed by atoms with Crippen molar-refractivity contribution in [2.45, 2.75) is 44.8 Å². The normalized spacial score (nSPS) is 22.4. The molecule has 138 valence electrons. The molecule has 2 aliphatic heterocycles. The summed E-state index contributed by atoms with van der Waals surface area (Å²) in [6, 6.07) is 8.25. The number of methoxy groups -OCH3 is 1. The molecule has 1 aromatic rings. The first-order valence-electron chi connectivity index (χ1n) is 9.49. The Hall–Kier alpha value is -1.59. The zero-order chi connectivity index (χ0) is 17.5. The molecule has 0 radical (unpaired) electrons. The van der Waals surface area contributed by atoms with E-state index in [1.165, 1.54) is 12.0 Å². The highest BCUT2D eigenvalue weighted by atomic mass is 16.5. The van der Waals surface area contributed by atoms with Gasteiger partial charge in [-0.05, 0) is 43.4 Å². The van der Waals surface area contributed by atoms with Gasteiger partial charge < -0.3 is 14.4 Å². The number of hydrogen-bond acceptors (Lipinski definition) is 4. The van der Waals surface area contributed by atoms with E-state index in [0.717, 1.165) is 64.3 Å². The third-order valence-electron chi connectivity index (χ3n) is 5.18. The summed E-state index contributed by atoms with van der Waals surface area (Å²) in [7, 11) is 1.69. The van der Waals surface area contributed by atoms with Gasteiger partial charge in [-0.2, -0.15) is 0 Å². The van der Waals surface area contributed by atoms with Gasteiger partial charge in [0, 0.05) is 39.3 Å². The highest BCUT2D eigenvalue weighted by Gasteiger charge is 2.23. The molecule has 0 bridgehead atoms. The Morgan fingerprint density at radius 1 is 1.12 bits per heavy atom. The minimum Gasteiger partial charge on any atom is -0.497 e. The lowest BCUT2D eigenvalue weighted by atomic mass is 10.1. The summed E-state index contributed by atoms with van der Waals surface area (Å²) in [5.41, 5.74) is 1.29. The van der Waals surface area contributed by atoms with Crippen LogP contribution in [0, 0.1) is 0 Å². The van der Waals surface area contributed by atoms with Crippen molar-refractivity contribution >= 4 is 5.91 Å². The minimum atomic E-state index is 0.139. The predicted molar refractivity (Wildman–Crippen MR) is 97.7 cm³/mol. The standard InChI is InChI=1S/C20H30N2O3/c1-24-18-8-6-17(7-9-18)16-21-10-4-11-22(13-12-21)20(23)15-19-5-2-3-14-25-19/h6-9,19H,2-5,10-16H2,1H3/t19-/m0/s1. The van der Waals surface area contributed by atoms with E-state index in [1.54, 1.807) is 7.11 Å². The fourth-order valence-corrected chi connectivity index (χ4v) is 3.66. The van der Waals surface area contributed by atoms with Gasteiger partial charge >= 0.3 is 0 Å². The molecule has 2 heterocycles. The molecular formula is C20H30N2O3. The van der Waals surface area contributed by atoms with Crippen molar-refractivity contribution in [1.29, 1.82) is 0 Å². The highest BCUT2D eigenvalue weighted by Crippen LogP contribution is 2.18. The molecule has 0 spiro atoms. The number of amides is 1. The number of ether oxygens (including phenoxy) is 2. The molecule has 25 heavy (non-hydrogen) atoms. The van der Waals surface area contributed by atoms with Crippen LogP contribution in [-0.4, -0.2) is 61.7 Å². The predicted octanol–water partition coefficient (Wildman–Crippen LogP) is 2.69. The molecule has 5 heteroatoms. The van der Waals surface area contributed by atoms with Gasteiger partial charge in [-0.1, -0.05) is 12.1 Å². The number of hydrogen-bond donors (Lipinski definition) is 0. The van der Waals surface area contributed by atoms with Crippen LogP contribution in [-0.2, 0) is 16.1 Å². The average Bonchev–Trinajstić information content (AvgIpc) is 2.89. The number of carbonyl (C=O) groups excluding carboxylic acids is 1. The number of benzene rings is 1. The largest absolute Gasteiger partial charge is 0.497 e. The summed E-state index contributed by atoms with van der Waals surface area (Å²) in [5, 5.41) is 0. The molecular weight excluding hydrogens is 316 g/mol. The molecule has 1 aromatic carbocycles. The molecule has 0 N–H and O–H groups in total. The fraction of sp³-hybridized carbons (Fsp3) is 0.650. The molecule has 2 saturated heterocycles. The van der Waals surface area contributed by atoms with Crippen LogP contribution in [0.25, 0.3) is 0 Å². The van der Waals surface area contributed by atoms with Crippen LogP contribution in [0.4, 0.5) is 0 Å². The molecule has 2 fully saturated rings. The van der Waals surface area contributed by atoms with Gasteiger partial charge in [0.25, 0.3) is 0 Å². The van der Waals surface area contributed by atoms with Crippen molar-refractivity contribution in [3.8, 4) is 5.75 Å². The van der Waals surface area contributed by atoms with Crippen molar-refractivity contribution in [3.63, 3.8) is 0 Å². The van der Waals surface area contributed by atoms with E-state index in [4.69, 9.17) is 9.47 Å². The van der Waals surface area contributed by atoms with Gasteiger partial charge in [0.15, 0.2) is 0 Å². The Bertz CT molecular complexity index is 540.